The second kappa shape index (κ2) is 12.6. The normalized spacial score (nSPS) is 11.2. The third kappa shape index (κ3) is 14.5. The molecule has 0 unspecified atom stereocenters. The van der Waals surface area contributed by atoms with Crippen LogP contribution >= 0.6 is 23.2 Å². The van der Waals surface area contributed by atoms with Crippen molar-refractivity contribution >= 4 is 23.2 Å². The first-order chi connectivity index (χ1) is 7.27. The summed E-state index contributed by atoms with van der Waals surface area (Å²) in [4.78, 5) is -0.376. The van der Waals surface area contributed by atoms with Gasteiger partial charge < -0.3 is 4.74 Å². The third-order valence-corrected chi connectivity index (χ3v) is 2.64. The van der Waals surface area contributed by atoms with Crippen LogP contribution in [0, 0.1) is 0 Å². The number of hydrogen-bond acceptors (Lipinski definition) is 1. The molecule has 0 aliphatic heterocycles. The summed E-state index contributed by atoms with van der Waals surface area (Å²) in [5, 5.41) is 0. The number of halogens is 2. The van der Waals surface area contributed by atoms with E-state index in [1.165, 1.54) is 44.9 Å². The third-order valence-electron chi connectivity index (χ3n) is 2.39. The molecule has 0 aromatic heterocycles. The first kappa shape index (κ1) is 15.5. The fourth-order valence-electron chi connectivity index (χ4n) is 1.51. The minimum absolute atomic E-state index is 0.376. The minimum Gasteiger partial charge on any atom is -0.379 e. The first-order valence-corrected chi connectivity index (χ1v) is 7.00. The van der Waals surface area contributed by atoms with E-state index < -0.39 is 0 Å². The number of alkyl halides is 2. The van der Waals surface area contributed by atoms with Crippen LogP contribution in [-0.2, 0) is 4.74 Å². The molecule has 0 atom stereocenters. The van der Waals surface area contributed by atoms with E-state index in [1.807, 2.05) is 0 Å². The Bertz CT molecular complexity index is 118. The molecule has 3 heteroatoms. The lowest BCUT2D eigenvalue weighted by atomic mass is 10.1. The van der Waals surface area contributed by atoms with Crippen molar-refractivity contribution in [3.05, 3.63) is 0 Å². The quantitative estimate of drug-likeness (QED) is 0.375. The molecular formula is C12H24Cl2O. The van der Waals surface area contributed by atoms with Gasteiger partial charge in [0.2, 0.25) is 0 Å². The zero-order valence-electron chi connectivity index (χ0n) is 9.81. The van der Waals surface area contributed by atoms with E-state index in [0.717, 1.165) is 13.0 Å². The maximum atomic E-state index is 5.53. The van der Waals surface area contributed by atoms with E-state index in [0.29, 0.717) is 6.61 Å². The molecule has 1 nitrogen and oxygen atoms in total. The number of rotatable bonds is 11. The smallest absolute Gasteiger partial charge is 0.131 e. The van der Waals surface area contributed by atoms with Crippen molar-refractivity contribution in [3.63, 3.8) is 0 Å². The lowest BCUT2D eigenvalue weighted by molar-refractivity contribution is 0.140. The Hall–Kier alpha value is 0.540. The summed E-state index contributed by atoms with van der Waals surface area (Å²) in [5.74, 6) is 0. The summed E-state index contributed by atoms with van der Waals surface area (Å²) < 4.78 is 5.28. The van der Waals surface area contributed by atoms with Crippen molar-refractivity contribution in [3.8, 4) is 0 Å². The molecule has 0 saturated heterocycles. The molecule has 0 aliphatic carbocycles. The highest BCUT2D eigenvalue weighted by molar-refractivity contribution is 6.44. The van der Waals surface area contributed by atoms with Gasteiger partial charge in [0.05, 0.1) is 6.61 Å². The molecule has 0 spiro atoms. The van der Waals surface area contributed by atoms with E-state index in [2.05, 4.69) is 6.92 Å². The summed E-state index contributed by atoms with van der Waals surface area (Å²) in [7, 11) is 0. The fraction of sp³-hybridized carbons (Fsp3) is 1.00. The second-order valence-electron chi connectivity index (χ2n) is 3.94. The summed E-state index contributed by atoms with van der Waals surface area (Å²) >= 11 is 11.1. The van der Waals surface area contributed by atoms with Gasteiger partial charge in [-0.3, -0.25) is 0 Å². The molecule has 0 heterocycles. The molecule has 92 valence electrons. The van der Waals surface area contributed by atoms with Crippen LogP contribution in [-0.4, -0.2) is 18.1 Å². The van der Waals surface area contributed by atoms with E-state index in [4.69, 9.17) is 27.9 Å². The van der Waals surface area contributed by atoms with Gasteiger partial charge in [-0.15, -0.1) is 23.2 Å². The fourth-order valence-corrected chi connectivity index (χ4v) is 1.69. The van der Waals surface area contributed by atoms with Crippen LogP contribution in [0.2, 0.25) is 0 Å². The number of unbranched alkanes of at least 4 members (excludes halogenated alkanes) is 7. The average molecular weight is 255 g/mol. The SMILES string of the molecule is CCCCCCCCCCOCC(Cl)Cl. The van der Waals surface area contributed by atoms with Gasteiger partial charge in [-0.25, -0.2) is 0 Å². The Labute approximate surface area is 104 Å². The molecule has 0 N–H and O–H groups in total. The van der Waals surface area contributed by atoms with Gasteiger partial charge in [0.25, 0.3) is 0 Å². The lowest BCUT2D eigenvalue weighted by Crippen LogP contribution is -2.03. The second-order valence-corrected chi connectivity index (χ2v) is 5.22. The molecule has 0 saturated carbocycles. The summed E-state index contributed by atoms with van der Waals surface area (Å²) in [5.41, 5.74) is 0. The van der Waals surface area contributed by atoms with Crippen molar-refractivity contribution in [1.82, 2.24) is 0 Å². The van der Waals surface area contributed by atoms with Crippen LogP contribution in [0.15, 0.2) is 0 Å². The molecular weight excluding hydrogens is 231 g/mol. The Morgan fingerprint density at radius 2 is 1.40 bits per heavy atom. The van der Waals surface area contributed by atoms with Crippen molar-refractivity contribution in [2.24, 2.45) is 0 Å². The number of hydrogen-bond donors (Lipinski definition) is 0. The highest BCUT2D eigenvalue weighted by Gasteiger charge is 1.97. The van der Waals surface area contributed by atoms with Crippen molar-refractivity contribution in [1.29, 1.82) is 0 Å². The zero-order chi connectivity index (χ0) is 11.4. The van der Waals surface area contributed by atoms with Gasteiger partial charge in [-0.1, -0.05) is 51.9 Å². The molecule has 0 aromatic rings. The van der Waals surface area contributed by atoms with Crippen LogP contribution in [0.4, 0.5) is 0 Å². The summed E-state index contributed by atoms with van der Waals surface area (Å²) in [6, 6.07) is 0. The van der Waals surface area contributed by atoms with Crippen molar-refractivity contribution < 1.29 is 4.74 Å². The Kier molecular flexibility index (Phi) is 13.1. The van der Waals surface area contributed by atoms with E-state index >= 15 is 0 Å². The predicted octanol–water partition coefficient (Wildman–Crippen LogP) is 4.95. The van der Waals surface area contributed by atoms with Gasteiger partial charge in [0.15, 0.2) is 0 Å². The van der Waals surface area contributed by atoms with Crippen LogP contribution < -0.4 is 0 Å². The standard InChI is InChI=1S/C12H24Cl2O/c1-2-3-4-5-6-7-8-9-10-15-11-12(13)14/h12H,2-11H2,1H3. The molecule has 0 bridgehead atoms. The van der Waals surface area contributed by atoms with Crippen molar-refractivity contribution in [2.45, 2.75) is 63.1 Å². The Morgan fingerprint density at radius 1 is 0.867 bits per heavy atom. The topological polar surface area (TPSA) is 9.23 Å². The van der Waals surface area contributed by atoms with E-state index in [-0.39, 0.29) is 4.84 Å². The van der Waals surface area contributed by atoms with Crippen LogP contribution in [0.5, 0.6) is 0 Å². The van der Waals surface area contributed by atoms with Gasteiger partial charge in [0, 0.05) is 6.61 Å². The lowest BCUT2D eigenvalue weighted by Gasteiger charge is -2.04. The van der Waals surface area contributed by atoms with Gasteiger partial charge in [0.1, 0.15) is 4.84 Å². The molecule has 0 fully saturated rings. The highest BCUT2D eigenvalue weighted by Crippen LogP contribution is 2.08. The van der Waals surface area contributed by atoms with Crippen molar-refractivity contribution in [2.75, 3.05) is 13.2 Å². The molecule has 0 aromatic carbocycles. The largest absolute Gasteiger partial charge is 0.379 e. The predicted molar refractivity (Wildman–Crippen MR) is 68.9 cm³/mol. The Balaban J connectivity index is 2.87. The first-order valence-electron chi connectivity index (χ1n) is 6.13. The maximum Gasteiger partial charge on any atom is 0.131 e. The van der Waals surface area contributed by atoms with E-state index in [9.17, 15) is 0 Å². The van der Waals surface area contributed by atoms with Gasteiger partial charge >= 0.3 is 0 Å². The van der Waals surface area contributed by atoms with E-state index in [1.54, 1.807) is 0 Å². The number of ether oxygens (including phenoxy) is 1. The summed E-state index contributed by atoms with van der Waals surface area (Å²) in [6.45, 7) is 3.50. The van der Waals surface area contributed by atoms with Crippen LogP contribution in [0.3, 0.4) is 0 Å². The maximum absolute atomic E-state index is 5.53. The van der Waals surface area contributed by atoms with Crippen LogP contribution in [0.25, 0.3) is 0 Å². The monoisotopic (exact) mass is 254 g/mol. The van der Waals surface area contributed by atoms with Gasteiger partial charge in [-0.05, 0) is 6.42 Å². The zero-order valence-corrected chi connectivity index (χ0v) is 11.3. The molecule has 0 rings (SSSR count). The Morgan fingerprint density at radius 3 is 1.93 bits per heavy atom. The minimum atomic E-state index is -0.376. The summed E-state index contributed by atoms with van der Waals surface area (Å²) in [6.07, 6.45) is 10.6. The molecule has 0 amide bonds. The molecule has 0 aliphatic rings. The highest BCUT2D eigenvalue weighted by atomic mass is 35.5. The average Bonchev–Trinajstić information content (AvgIpc) is 2.20. The molecule has 15 heavy (non-hydrogen) atoms. The van der Waals surface area contributed by atoms with Gasteiger partial charge in [-0.2, -0.15) is 0 Å². The van der Waals surface area contributed by atoms with Crippen LogP contribution in [0.1, 0.15) is 58.3 Å². The molecule has 0 radical (unpaired) electrons.